The lowest BCUT2D eigenvalue weighted by atomic mass is 10.0. The lowest BCUT2D eigenvalue weighted by Gasteiger charge is -2.15. The van der Waals surface area contributed by atoms with E-state index in [2.05, 4.69) is 11.4 Å². The predicted molar refractivity (Wildman–Crippen MR) is 118 cm³/mol. The number of carbonyl (C=O) groups excluding carboxylic acids is 1. The van der Waals surface area contributed by atoms with E-state index < -0.39 is 10.0 Å². The number of sulfonamides is 1. The summed E-state index contributed by atoms with van der Waals surface area (Å²) in [6.45, 7) is 5.55. The zero-order chi connectivity index (χ0) is 22.8. The van der Waals surface area contributed by atoms with Gasteiger partial charge in [0, 0.05) is 11.3 Å². The average Bonchev–Trinajstić information content (AvgIpc) is 2.72. The summed E-state index contributed by atoms with van der Waals surface area (Å²) >= 11 is 0. The summed E-state index contributed by atoms with van der Waals surface area (Å²) in [4.78, 5) is 12.7. The summed E-state index contributed by atoms with van der Waals surface area (Å²) in [5, 5.41) is 16.8. The first kappa shape index (κ1) is 22.0. The molecule has 0 bridgehead atoms. The molecule has 158 valence electrons. The van der Waals surface area contributed by atoms with Crippen LogP contribution in [0.5, 0.6) is 11.5 Å². The van der Waals surface area contributed by atoms with Gasteiger partial charge >= 0.3 is 0 Å². The zero-order valence-corrected chi connectivity index (χ0v) is 18.1. The second-order valence-corrected chi connectivity index (χ2v) is 8.64. The molecule has 0 heterocycles. The maximum Gasteiger partial charge on any atom is 0.255 e. The first-order valence-corrected chi connectivity index (χ1v) is 10.9. The van der Waals surface area contributed by atoms with Crippen LogP contribution in [0, 0.1) is 32.1 Å². The molecule has 0 aliphatic rings. The van der Waals surface area contributed by atoms with Gasteiger partial charge in [0.05, 0.1) is 16.5 Å². The van der Waals surface area contributed by atoms with Crippen LogP contribution in [0.3, 0.4) is 0 Å². The summed E-state index contributed by atoms with van der Waals surface area (Å²) in [5.41, 5.74) is 3.87. The molecule has 0 saturated carbocycles. The molecule has 0 aliphatic carbocycles. The van der Waals surface area contributed by atoms with E-state index in [1.807, 2.05) is 20.8 Å². The summed E-state index contributed by atoms with van der Waals surface area (Å²) in [5.74, 6) is 0.915. The Morgan fingerprint density at radius 1 is 0.968 bits per heavy atom. The number of hydrogen-bond donors (Lipinski definition) is 2. The van der Waals surface area contributed by atoms with E-state index >= 15 is 0 Å². The van der Waals surface area contributed by atoms with Gasteiger partial charge in [0.25, 0.3) is 5.91 Å². The van der Waals surface area contributed by atoms with Crippen LogP contribution in [0.2, 0.25) is 0 Å². The highest BCUT2D eigenvalue weighted by Gasteiger charge is 2.15. The highest BCUT2D eigenvalue weighted by molar-refractivity contribution is 7.89. The number of nitrogens with two attached hydrogens (primary N) is 1. The molecule has 3 aromatic rings. The molecular weight excluding hydrogens is 414 g/mol. The molecule has 0 spiro atoms. The summed E-state index contributed by atoms with van der Waals surface area (Å²) < 4.78 is 28.7. The number of carbonyl (C=O) groups is 1. The van der Waals surface area contributed by atoms with Crippen LogP contribution < -0.4 is 15.2 Å². The van der Waals surface area contributed by atoms with Crippen molar-refractivity contribution >= 4 is 21.6 Å². The summed E-state index contributed by atoms with van der Waals surface area (Å²) in [6, 6.07) is 16.3. The number of nitrogens with one attached hydrogen (secondary N) is 1. The SMILES string of the molecule is Cc1cc(C#N)ccc1Oc1ccc(C(=O)Nc2ccc(S(N)(=O)=O)cc2)c(C)c1C. The molecule has 0 saturated heterocycles. The number of primary sulfonamides is 1. The van der Waals surface area contributed by atoms with Gasteiger partial charge in [-0.1, -0.05) is 0 Å². The van der Waals surface area contributed by atoms with E-state index in [0.29, 0.717) is 28.3 Å². The van der Waals surface area contributed by atoms with Crippen molar-refractivity contribution in [3.05, 3.63) is 82.4 Å². The number of hydrogen-bond acceptors (Lipinski definition) is 5. The van der Waals surface area contributed by atoms with E-state index in [1.54, 1.807) is 30.3 Å². The molecule has 0 atom stereocenters. The third-order valence-electron chi connectivity index (χ3n) is 4.95. The van der Waals surface area contributed by atoms with Gasteiger partial charge in [-0.2, -0.15) is 5.26 Å². The molecule has 0 unspecified atom stereocenters. The number of aryl methyl sites for hydroxylation is 1. The Morgan fingerprint density at radius 2 is 1.61 bits per heavy atom. The van der Waals surface area contributed by atoms with Crippen LogP contribution in [-0.2, 0) is 10.0 Å². The number of nitrogens with zero attached hydrogens (tertiary/aromatic N) is 1. The Hall–Kier alpha value is -3.67. The number of amides is 1. The molecule has 0 aromatic heterocycles. The van der Waals surface area contributed by atoms with Crippen LogP contribution in [-0.4, -0.2) is 14.3 Å². The Bertz CT molecular complexity index is 1310. The largest absolute Gasteiger partial charge is 0.457 e. The lowest BCUT2D eigenvalue weighted by molar-refractivity contribution is 0.102. The maximum absolute atomic E-state index is 12.7. The fourth-order valence-corrected chi connectivity index (χ4v) is 3.55. The van der Waals surface area contributed by atoms with Gasteiger partial charge in [-0.3, -0.25) is 4.79 Å². The molecule has 3 rings (SSSR count). The molecular formula is C23H21N3O4S. The van der Waals surface area contributed by atoms with Gasteiger partial charge in [-0.25, -0.2) is 13.6 Å². The topological polar surface area (TPSA) is 122 Å². The first-order chi connectivity index (χ1) is 14.6. The molecule has 3 N–H and O–H groups in total. The minimum Gasteiger partial charge on any atom is -0.457 e. The van der Waals surface area contributed by atoms with Crippen LogP contribution in [0.25, 0.3) is 0 Å². The molecule has 1 amide bonds. The second-order valence-electron chi connectivity index (χ2n) is 7.08. The summed E-state index contributed by atoms with van der Waals surface area (Å²) in [7, 11) is -3.79. The molecule has 0 aliphatic heterocycles. The van der Waals surface area contributed by atoms with Gasteiger partial charge in [0.1, 0.15) is 11.5 Å². The monoisotopic (exact) mass is 435 g/mol. The number of benzene rings is 3. The van der Waals surface area contributed by atoms with Crippen molar-refractivity contribution in [1.29, 1.82) is 5.26 Å². The fourth-order valence-electron chi connectivity index (χ4n) is 3.03. The van der Waals surface area contributed by atoms with Crippen molar-refractivity contribution in [2.75, 3.05) is 5.32 Å². The average molecular weight is 436 g/mol. The zero-order valence-electron chi connectivity index (χ0n) is 17.3. The number of ether oxygens (including phenoxy) is 1. The highest BCUT2D eigenvalue weighted by atomic mass is 32.2. The number of rotatable bonds is 5. The Balaban J connectivity index is 1.81. The smallest absolute Gasteiger partial charge is 0.255 e. The van der Waals surface area contributed by atoms with E-state index in [-0.39, 0.29) is 10.8 Å². The van der Waals surface area contributed by atoms with E-state index in [4.69, 9.17) is 15.1 Å². The van der Waals surface area contributed by atoms with Crippen molar-refractivity contribution in [3.8, 4) is 17.6 Å². The van der Waals surface area contributed by atoms with Gasteiger partial charge < -0.3 is 10.1 Å². The Morgan fingerprint density at radius 3 is 2.19 bits per heavy atom. The van der Waals surface area contributed by atoms with E-state index in [0.717, 1.165) is 16.7 Å². The minimum atomic E-state index is -3.79. The minimum absolute atomic E-state index is 0.0304. The van der Waals surface area contributed by atoms with Crippen molar-refractivity contribution in [2.24, 2.45) is 5.14 Å². The van der Waals surface area contributed by atoms with Gasteiger partial charge in [0.2, 0.25) is 10.0 Å². The molecule has 0 fully saturated rings. The maximum atomic E-state index is 12.7. The third kappa shape index (κ3) is 4.91. The van der Waals surface area contributed by atoms with Crippen LogP contribution in [0.15, 0.2) is 59.5 Å². The third-order valence-corrected chi connectivity index (χ3v) is 5.88. The predicted octanol–water partition coefficient (Wildman–Crippen LogP) is 4.18. The van der Waals surface area contributed by atoms with Crippen LogP contribution in [0.1, 0.15) is 32.6 Å². The van der Waals surface area contributed by atoms with Crippen molar-refractivity contribution in [2.45, 2.75) is 25.7 Å². The number of anilines is 1. The van der Waals surface area contributed by atoms with Crippen molar-refractivity contribution in [3.63, 3.8) is 0 Å². The summed E-state index contributed by atoms with van der Waals surface area (Å²) in [6.07, 6.45) is 0. The highest BCUT2D eigenvalue weighted by Crippen LogP contribution is 2.31. The van der Waals surface area contributed by atoms with E-state index in [1.165, 1.54) is 24.3 Å². The lowest BCUT2D eigenvalue weighted by Crippen LogP contribution is -2.15. The molecule has 0 radical (unpaired) electrons. The van der Waals surface area contributed by atoms with Gasteiger partial charge in [0.15, 0.2) is 0 Å². The standard InChI is InChI=1S/C23H21N3O4S/c1-14-12-17(13-24)4-10-21(14)30-22-11-9-20(15(2)16(22)3)23(27)26-18-5-7-19(8-6-18)31(25,28)29/h4-12H,1-3H3,(H,26,27)(H2,25,28,29). The molecule has 7 nitrogen and oxygen atoms in total. The Labute approximate surface area is 181 Å². The number of nitriles is 1. The normalized spacial score (nSPS) is 10.9. The first-order valence-electron chi connectivity index (χ1n) is 9.33. The Kier molecular flexibility index (Phi) is 6.11. The van der Waals surface area contributed by atoms with Gasteiger partial charge in [-0.05, 0) is 92.1 Å². The fraction of sp³-hybridized carbons (Fsp3) is 0.130. The van der Waals surface area contributed by atoms with Crippen LogP contribution >= 0.6 is 0 Å². The molecule has 31 heavy (non-hydrogen) atoms. The van der Waals surface area contributed by atoms with Gasteiger partial charge in [-0.15, -0.1) is 0 Å². The van der Waals surface area contributed by atoms with Crippen molar-refractivity contribution < 1.29 is 17.9 Å². The van der Waals surface area contributed by atoms with E-state index in [9.17, 15) is 13.2 Å². The quantitative estimate of drug-likeness (QED) is 0.623. The second kappa shape index (κ2) is 8.60. The molecule has 3 aromatic carbocycles. The van der Waals surface area contributed by atoms with Crippen LogP contribution in [0.4, 0.5) is 5.69 Å². The molecule has 8 heteroatoms. The van der Waals surface area contributed by atoms with Crippen molar-refractivity contribution in [1.82, 2.24) is 0 Å².